The molecule has 0 radical (unpaired) electrons. The van der Waals surface area contributed by atoms with Crippen molar-refractivity contribution >= 4 is 50.5 Å². The summed E-state index contributed by atoms with van der Waals surface area (Å²) in [5, 5.41) is 18.8. The normalized spacial score (nSPS) is 11.0. The zero-order valence-corrected chi connectivity index (χ0v) is 17.1. The second-order valence-electron chi connectivity index (χ2n) is 6.08. The molecule has 0 heterocycles. The highest BCUT2D eigenvalue weighted by Gasteiger charge is 2.33. The summed E-state index contributed by atoms with van der Waals surface area (Å²) in [5.74, 6) is -0.800. The summed E-state index contributed by atoms with van der Waals surface area (Å²) >= 11 is 3.26. The Morgan fingerprint density at radius 1 is 1.07 bits per heavy atom. The van der Waals surface area contributed by atoms with Gasteiger partial charge in [-0.25, -0.2) is 0 Å². The van der Waals surface area contributed by atoms with Crippen molar-refractivity contribution < 1.29 is 27.7 Å². The van der Waals surface area contributed by atoms with Crippen LogP contribution in [0.1, 0.15) is 18.9 Å². The lowest BCUT2D eigenvalue weighted by atomic mass is 10.1. The van der Waals surface area contributed by atoms with Crippen LogP contribution < -0.4 is 16.0 Å². The van der Waals surface area contributed by atoms with Crippen LogP contribution in [-0.4, -0.2) is 23.3 Å². The number of amides is 2. The highest BCUT2D eigenvalue weighted by atomic mass is 79.9. The van der Waals surface area contributed by atoms with Crippen LogP contribution in [0.5, 0.6) is 0 Å². The largest absolute Gasteiger partial charge is 0.416 e. The SMILES string of the molecule is CC(=O)Nc1ccc(Br)cc1NC(=O)CCNc1ccc(C(F)(F)F)cc1[N+](=O)[O-]. The highest BCUT2D eigenvalue weighted by molar-refractivity contribution is 9.10. The van der Waals surface area contributed by atoms with E-state index in [4.69, 9.17) is 0 Å². The van der Waals surface area contributed by atoms with Crippen LogP contribution in [0.4, 0.5) is 35.9 Å². The van der Waals surface area contributed by atoms with Gasteiger partial charge in [0.05, 0.1) is 21.9 Å². The maximum absolute atomic E-state index is 12.7. The molecule has 2 aromatic carbocycles. The summed E-state index contributed by atoms with van der Waals surface area (Å²) in [6.07, 6.45) is -4.84. The number of halogens is 4. The number of nitro benzene ring substituents is 1. The van der Waals surface area contributed by atoms with Crippen molar-refractivity contribution in [3.63, 3.8) is 0 Å². The molecule has 0 spiro atoms. The predicted octanol–water partition coefficient (Wildman–Crippen LogP) is 4.78. The molecular weight excluding hydrogens is 473 g/mol. The van der Waals surface area contributed by atoms with Crippen LogP contribution in [0.15, 0.2) is 40.9 Å². The second kappa shape index (κ2) is 9.57. The van der Waals surface area contributed by atoms with Gasteiger partial charge in [-0.1, -0.05) is 15.9 Å². The van der Waals surface area contributed by atoms with Crippen molar-refractivity contribution in [1.29, 1.82) is 0 Å². The third-order valence-corrected chi connectivity index (χ3v) is 4.25. The standard InChI is InChI=1S/C18H16BrF3N4O4/c1-10(27)24-13-5-3-12(19)9-15(13)25-17(28)6-7-23-14-4-2-11(18(20,21)22)8-16(14)26(29)30/h2-5,8-9,23H,6-7H2,1H3,(H,24,27)(H,25,28). The van der Waals surface area contributed by atoms with Crippen LogP contribution in [0, 0.1) is 10.1 Å². The van der Waals surface area contributed by atoms with Gasteiger partial charge in [0.25, 0.3) is 5.69 Å². The first-order valence-electron chi connectivity index (χ1n) is 8.44. The minimum atomic E-state index is -4.71. The Hall–Kier alpha value is -3.15. The molecule has 0 saturated carbocycles. The van der Waals surface area contributed by atoms with Gasteiger partial charge in [-0.2, -0.15) is 13.2 Å². The molecule has 0 unspecified atom stereocenters. The molecule has 3 N–H and O–H groups in total. The molecule has 0 fully saturated rings. The van der Waals surface area contributed by atoms with Crippen LogP contribution >= 0.6 is 15.9 Å². The van der Waals surface area contributed by atoms with Gasteiger partial charge in [-0.3, -0.25) is 19.7 Å². The lowest BCUT2D eigenvalue weighted by Crippen LogP contribution is -2.18. The van der Waals surface area contributed by atoms with Crippen LogP contribution in [0.3, 0.4) is 0 Å². The number of anilines is 3. The molecule has 2 aromatic rings. The molecule has 0 saturated heterocycles. The molecule has 30 heavy (non-hydrogen) atoms. The number of nitro groups is 1. The summed E-state index contributed by atoms with van der Waals surface area (Å²) in [5.41, 5.74) is -1.31. The molecule has 2 rings (SSSR count). The molecule has 12 heteroatoms. The van der Waals surface area contributed by atoms with E-state index in [9.17, 15) is 32.9 Å². The minimum Gasteiger partial charge on any atom is -0.379 e. The van der Waals surface area contributed by atoms with E-state index < -0.39 is 28.3 Å². The van der Waals surface area contributed by atoms with Gasteiger partial charge in [0, 0.05) is 30.4 Å². The average molecular weight is 489 g/mol. The number of alkyl halides is 3. The summed E-state index contributed by atoms with van der Waals surface area (Å²) in [6, 6.07) is 6.94. The first-order valence-corrected chi connectivity index (χ1v) is 9.23. The predicted molar refractivity (Wildman–Crippen MR) is 108 cm³/mol. The number of carbonyl (C=O) groups is 2. The summed E-state index contributed by atoms with van der Waals surface area (Å²) in [6.45, 7) is 1.25. The summed E-state index contributed by atoms with van der Waals surface area (Å²) in [7, 11) is 0. The summed E-state index contributed by atoms with van der Waals surface area (Å²) < 4.78 is 38.9. The highest BCUT2D eigenvalue weighted by Crippen LogP contribution is 2.35. The number of nitrogens with one attached hydrogen (secondary N) is 3. The zero-order valence-electron chi connectivity index (χ0n) is 15.5. The van der Waals surface area contributed by atoms with Gasteiger partial charge in [-0.05, 0) is 30.3 Å². The number of rotatable bonds is 7. The fraction of sp³-hybridized carbons (Fsp3) is 0.222. The van der Waals surface area contributed by atoms with E-state index in [-0.39, 0.29) is 24.6 Å². The van der Waals surface area contributed by atoms with Crippen LogP contribution in [0.2, 0.25) is 0 Å². The van der Waals surface area contributed by atoms with E-state index in [2.05, 4.69) is 31.9 Å². The van der Waals surface area contributed by atoms with Gasteiger partial charge in [0.1, 0.15) is 5.69 Å². The number of nitrogens with zero attached hydrogens (tertiary/aromatic N) is 1. The quantitative estimate of drug-likeness (QED) is 0.383. The Morgan fingerprint density at radius 2 is 1.73 bits per heavy atom. The van der Waals surface area contributed by atoms with Gasteiger partial charge in [-0.15, -0.1) is 0 Å². The van der Waals surface area contributed by atoms with Crippen LogP contribution in [-0.2, 0) is 15.8 Å². The number of hydrogen-bond acceptors (Lipinski definition) is 5. The molecule has 0 atom stereocenters. The van der Waals surface area contributed by atoms with Crippen molar-refractivity contribution in [2.75, 3.05) is 22.5 Å². The smallest absolute Gasteiger partial charge is 0.379 e. The monoisotopic (exact) mass is 488 g/mol. The molecule has 0 aliphatic carbocycles. The molecule has 2 amide bonds. The fourth-order valence-corrected chi connectivity index (χ4v) is 2.81. The summed E-state index contributed by atoms with van der Waals surface area (Å²) in [4.78, 5) is 33.6. The van der Waals surface area contributed by atoms with Crippen molar-refractivity contribution in [3.05, 3.63) is 56.5 Å². The molecule has 8 nitrogen and oxygen atoms in total. The Bertz CT molecular complexity index is 982. The molecule has 160 valence electrons. The van der Waals surface area contributed by atoms with E-state index in [1.54, 1.807) is 18.2 Å². The van der Waals surface area contributed by atoms with Crippen molar-refractivity contribution in [1.82, 2.24) is 0 Å². The Labute approximate surface area is 177 Å². The molecular formula is C18H16BrF3N4O4. The first-order chi connectivity index (χ1) is 14.0. The number of carbonyl (C=O) groups excluding carboxylic acids is 2. The third kappa shape index (κ3) is 6.44. The molecule has 0 aliphatic rings. The maximum Gasteiger partial charge on any atom is 0.416 e. The second-order valence-corrected chi connectivity index (χ2v) is 7.00. The topological polar surface area (TPSA) is 113 Å². The zero-order chi connectivity index (χ0) is 22.5. The number of benzene rings is 2. The van der Waals surface area contributed by atoms with Gasteiger partial charge < -0.3 is 16.0 Å². The number of hydrogen-bond donors (Lipinski definition) is 3. The Morgan fingerprint density at radius 3 is 2.33 bits per heavy atom. The average Bonchev–Trinajstić information content (AvgIpc) is 2.62. The lowest BCUT2D eigenvalue weighted by Gasteiger charge is -2.13. The van der Waals surface area contributed by atoms with Crippen molar-refractivity contribution in [3.8, 4) is 0 Å². The van der Waals surface area contributed by atoms with E-state index in [0.717, 1.165) is 12.1 Å². The van der Waals surface area contributed by atoms with Crippen LogP contribution in [0.25, 0.3) is 0 Å². The van der Waals surface area contributed by atoms with Gasteiger partial charge >= 0.3 is 6.18 Å². The van der Waals surface area contributed by atoms with Gasteiger partial charge in [0.15, 0.2) is 0 Å². The van der Waals surface area contributed by atoms with Crippen molar-refractivity contribution in [2.24, 2.45) is 0 Å². The van der Waals surface area contributed by atoms with Crippen molar-refractivity contribution in [2.45, 2.75) is 19.5 Å². The van der Waals surface area contributed by atoms with E-state index in [0.29, 0.717) is 21.9 Å². The molecule has 0 aliphatic heterocycles. The minimum absolute atomic E-state index is 0.0679. The molecule has 0 aromatic heterocycles. The van der Waals surface area contributed by atoms with Gasteiger partial charge in [0.2, 0.25) is 11.8 Å². The lowest BCUT2D eigenvalue weighted by molar-refractivity contribution is -0.384. The first kappa shape index (κ1) is 23.1. The Kier molecular flexibility index (Phi) is 7.38. The third-order valence-electron chi connectivity index (χ3n) is 3.76. The Balaban J connectivity index is 2.04. The van der Waals surface area contributed by atoms with E-state index in [1.165, 1.54) is 6.92 Å². The fourth-order valence-electron chi connectivity index (χ4n) is 2.45. The van der Waals surface area contributed by atoms with E-state index in [1.807, 2.05) is 0 Å². The molecule has 0 bridgehead atoms. The van der Waals surface area contributed by atoms with E-state index >= 15 is 0 Å². The maximum atomic E-state index is 12.7.